The molecule has 1 heterocycles. The highest BCUT2D eigenvalue weighted by molar-refractivity contribution is 9.10. The van der Waals surface area contributed by atoms with Gasteiger partial charge in [-0.3, -0.25) is 0 Å². The first-order chi connectivity index (χ1) is 11.8. The van der Waals surface area contributed by atoms with Crippen molar-refractivity contribution in [2.45, 2.75) is 19.7 Å². The largest absolute Gasteiger partial charge is 0.487 e. The second kappa shape index (κ2) is 7.73. The van der Waals surface area contributed by atoms with Gasteiger partial charge in [0.05, 0.1) is 11.1 Å². The third-order valence-electron chi connectivity index (χ3n) is 3.10. The van der Waals surface area contributed by atoms with E-state index in [1.54, 1.807) is 37.3 Å². The van der Waals surface area contributed by atoms with E-state index in [-0.39, 0.29) is 24.5 Å². The summed E-state index contributed by atoms with van der Waals surface area (Å²) in [6, 6.07) is 8.75. The molecule has 9 heteroatoms. The van der Waals surface area contributed by atoms with E-state index in [1.807, 2.05) is 0 Å². The van der Waals surface area contributed by atoms with Gasteiger partial charge in [0.15, 0.2) is 11.4 Å². The summed E-state index contributed by atoms with van der Waals surface area (Å²) in [5.74, 6) is -1.89. The second-order valence-corrected chi connectivity index (χ2v) is 5.65. The number of nitrogens with two attached hydrogens (primary N) is 1. The molecule has 0 fully saturated rings. The van der Waals surface area contributed by atoms with Gasteiger partial charge in [-0.1, -0.05) is 30.3 Å². The lowest BCUT2D eigenvalue weighted by Crippen LogP contribution is -2.18. The summed E-state index contributed by atoms with van der Waals surface area (Å²) in [4.78, 5) is 15.4. The van der Waals surface area contributed by atoms with Crippen LogP contribution in [-0.2, 0) is 17.5 Å². The fraction of sp³-hybridized carbons (Fsp3) is 0.250. The molecule has 0 bridgehead atoms. The summed E-state index contributed by atoms with van der Waals surface area (Å²) in [6.45, 7) is 1.52. The predicted molar refractivity (Wildman–Crippen MR) is 88.1 cm³/mol. The van der Waals surface area contributed by atoms with Gasteiger partial charge in [0.25, 0.3) is 0 Å². The smallest absolute Gasteiger partial charge is 0.434 e. The standard InChI is InChI=1S/C16H14BrF3N2O3/c1-2-24-15(23)10-12(25-8-9-6-4-3-5-7-9)11(17)13(16(18,19)20)22-14(10)21/h3-7H,2,8H2,1H3,(H2,21,22). The Hall–Kier alpha value is -2.29. The van der Waals surface area contributed by atoms with Crippen LogP contribution in [0.25, 0.3) is 0 Å². The van der Waals surface area contributed by atoms with E-state index in [0.29, 0.717) is 5.56 Å². The minimum absolute atomic E-state index is 0.0229. The lowest BCUT2D eigenvalue weighted by molar-refractivity contribution is -0.141. The molecule has 0 unspecified atom stereocenters. The minimum atomic E-state index is -4.77. The summed E-state index contributed by atoms with van der Waals surface area (Å²) < 4.78 is 49.2. The number of ether oxygens (including phenoxy) is 2. The molecule has 0 radical (unpaired) electrons. The molecule has 0 spiro atoms. The fourth-order valence-electron chi connectivity index (χ4n) is 2.01. The Morgan fingerprint density at radius 2 is 1.92 bits per heavy atom. The Morgan fingerprint density at radius 3 is 2.48 bits per heavy atom. The normalized spacial score (nSPS) is 11.2. The van der Waals surface area contributed by atoms with Crippen molar-refractivity contribution < 1.29 is 27.4 Å². The molecule has 0 aliphatic rings. The van der Waals surface area contributed by atoms with Crippen LogP contribution in [0.2, 0.25) is 0 Å². The Morgan fingerprint density at radius 1 is 1.28 bits per heavy atom. The minimum Gasteiger partial charge on any atom is -0.487 e. The number of pyridine rings is 1. The van der Waals surface area contributed by atoms with E-state index in [1.165, 1.54) is 0 Å². The average molecular weight is 419 g/mol. The van der Waals surface area contributed by atoms with Crippen LogP contribution in [0, 0.1) is 0 Å². The number of hydrogen-bond donors (Lipinski definition) is 1. The van der Waals surface area contributed by atoms with Gasteiger partial charge in [0.2, 0.25) is 0 Å². The van der Waals surface area contributed by atoms with Crippen LogP contribution in [0.1, 0.15) is 28.5 Å². The van der Waals surface area contributed by atoms with E-state index in [4.69, 9.17) is 15.2 Å². The predicted octanol–water partition coefficient (Wildman–Crippen LogP) is 4.20. The first kappa shape index (κ1) is 19.0. The lowest BCUT2D eigenvalue weighted by atomic mass is 10.2. The molecule has 0 saturated carbocycles. The van der Waals surface area contributed by atoms with Crippen molar-refractivity contribution in [1.29, 1.82) is 0 Å². The zero-order valence-electron chi connectivity index (χ0n) is 13.1. The molecule has 25 heavy (non-hydrogen) atoms. The highest BCUT2D eigenvalue weighted by Gasteiger charge is 2.39. The molecule has 0 aliphatic heterocycles. The number of alkyl halides is 3. The van der Waals surface area contributed by atoms with E-state index in [2.05, 4.69) is 20.9 Å². The quantitative estimate of drug-likeness (QED) is 0.736. The Labute approximate surface area is 150 Å². The molecular formula is C16H14BrF3N2O3. The van der Waals surface area contributed by atoms with E-state index >= 15 is 0 Å². The molecule has 134 valence electrons. The zero-order valence-corrected chi connectivity index (χ0v) is 14.6. The molecule has 0 amide bonds. The maximum Gasteiger partial charge on any atom is 0.434 e. The number of nitrogens with zero attached hydrogens (tertiary/aromatic N) is 1. The van der Waals surface area contributed by atoms with Crippen molar-refractivity contribution in [1.82, 2.24) is 4.98 Å². The van der Waals surface area contributed by atoms with Gasteiger partial charge in [0, 0.05) is 0 Å². The topological polar surface area (TPSA) is 74.4 Å². The van der Waals surface area contributed by atoms with Crippen LogP contribution < -0.4 is 10.5 Å². The van der Waals surface area contributed by atoms with Gasteiger partial charge in [-0.2, -0.15) is 13.2 Å². The molecule has 2 aromatic rings. The fourth-order valence-corrected chi connectivity index (χ4v) is 2.64. The molecule has 2 rings (SSSR count). The lowest BCUT2D eigenvalue weighted by Gasteiger charge is -2.18. The van der Waals surface area contributed by atoms with Crippen molar-refractivity contribution in [3.05, 3.63) is 51.6 Å². The SMILES string of the molecule is CCOC(=O)c1c(N)nc(C(F)(F)F)c(Br)c1OCc1ccccc1. The Bertz CT molecular complexity index is 767. The van der Waals surface area contributed by atoms with E-state index in [9.17, 15) is 18.0 Å². The maximum absolute atomic E-state index is 13.1. The third kappa shape index (κ3) is 4.41. The van der Waals surface area contributed by atoms with Gasteiger partial charge < -0.3 is 15.2 Å². The number of hydrogen-bond acceptors (Lipinski definition) is 5. The van der Waals surface area contributed by atoms with Crippen LogP contribution in [0.15, 0.2) is 34.8 Å². The molecule has 1 aromatic heterocycles. The highest BCUT2D eigenvalue weighted by Crippen LogP contribution is 2.42. The number of aromatic nitrogens is 1. The highest BCUT2D eigenvalue weighted by atomic mass is 79.9. The van der Waals surface area contributed by atoms with Gasteiger partial charge in [-0.25, -0.2) is 9.78 Å². The molecule has 1 aromatic carbocycles. The molecular weight excluding hydrogens is 405 g/mol. The summed E-state index contributed by atoms with van der Waals surface area (Å²) in [5.41, 5.74) is 4.65. The number of esters is 1. The summed E-state index contributed by atoms with van der Waals surface area (Å²) in [5, 5.41) is 0. The van der Waals surface area contributed by atoms with Crippen LogP contribution in [0.3, 0.4) is 0 Å². The first-order valence-corrected chi connectivity index (χ1v) is 7.95. The number of rotatable bonds is 5. The van der Waals surface area contributed by atoms with Gasteiger partial charge in [-0.05, 0) is 28.4 Å². The van der Waals surface area contributed by atoms with Crippen molar-refractivity contribution in [2.75, 3.05) is 12.3 Å². The number of carbonyl (C=O) groups excluding carboxylic acids is 1. The number of benzene rings is 1. The van der Waals surface area contributed by atoms with E-state index in [0.717, 1.165) is 0 Å². The van der Waals surface area contributed by atoms with Gasteiger partial charge >= 0.3 is 12.1 Å². The first-order valence-electron chi connectivity index (χ1n) is 7.15. The van der Waals surface area contributed by atoms with Crippen molar-refractivity contribution in [3.63, 3.8) is 0 Å². The maximum atomic E-state index is 13.1. The van der Waals surface area contributed by atoms with Crippen molar-refractivity contribution >= 4 is 27.7 Å². The summed E-state index contributed by atoms with van der Waals surface area (Å²) >= 11 is 2.82. The number of nitrogen functional groups attached to an aromatic ring is 1. The monoisotopic (exact) mass is 418 g/mol. The Balaban J connectivity index is 2.51. The molecule has 0 atom stereocenters. The van der Waals surface area contributed by atoms with Crippen LogP contribution >= 0.6 is 15.9 Å². The van der Waals surface area contributed by atoms with Gasteiger partial charge in [0.1, 0.15) is 18.0 Å². The molecule has 2 N–H and O–H groups in total. The second-order valence-electron chi connectivity index (χ2n) is 4.86. The summed E-state index contributed by atoms with van der Waals surface area (Å²) in [7, 11) is 0. The molecule has 0 aliphatic carbocycles. The number of anilines is 1. The number of halogens is 4. The Kier molecular flexibility index (Phi) is 5.89. The summed E-state index contributed by atoms with van der Waals surface area (Å²) in [6.07, 6.45) is -4.77. The van der Waals surface area contributed by atoms with Crippen LogP contribution in [0.4, 0.5) is 19.0 Å². The van der Waals surface area contributed by atoms with Crippen LogP contribution in [-0.4, -0.2) is 17.6 Å². The van der Waals surface area contributed by atoms with Crippen LogP contribution in [0.5, 0.6) is 5.75 Å². The number of carbonyl (C=O) groups is 1. The van der Waals surface area contributed by atoms with Crippen molar-refractivity contribution in [3.8, 4) is 5.75 Å². The average Bonchev–Trinajstić information content (AvgIpc) is 2.55. The van der Waals surface area contributed by atoms with Gasteiger partial charge in [-0.15, -0.1) is 0 Å². The third-order valence-corrected chi connectivity index (χ3v) is 3.83. The molecule has 0 saturated heterocycles. The molecule has 5 nitrogen and oxygen atoms in total. The van der Waals surface area contributed by atoms with Crippen molar-refractivity contribution in [2.24, 2.45) is 0 Å². The zero-order chi connectivity index (χ0) is 18.6. The van der Waals surface area contributed by atoms with E-state index < -0.39 is 28.1 Å².